The summed E-state index contributed by atoms with van der Waals surface area (Å²) in [5, 5.41) is 10.4. The van der Waals surface area contributed by atoms with E-state index in [4.69, 9.17) is 5.73 Å². The van der Waals surface area contributed by atoms with Crippen LogP contribution in [0.1, 0.15) is 5.56 Å². The Morgan fingerprint density at radius 2 is 2.22 bits per heavy atom. The zero-order chi connectivity index (χ0) is 16.2. The predicted octanol–water partition coefficient (Wildman–Crippen LogP) is 2.66. The molecule has 1 aromatic carbocycles. The average molecular weight is 331 g/mol. The highest BCUT2D eigenvalue weighted by atomic mass is 32.1. The first-order valence-corrected chi connectivity index (χ1v) is 8.18. The summed E-state index contributed by atoms with van der Waals surface area (Å²) in [6, 6.07) is 8.77. The van der Waals surface area contributed by atoms with E-state index < -0.39 is 0 Å². The van der Waals surface area contributed by atoms with Crippen molar-refractivity contribution >= 4 is 16.3 Å². The summed E-state index contributed by atoms with van der Waals surface area (Å²) < 4.78 is 15.5. The summed E-state index contributed by atoms with van der Waals surface area (Å²) in [6.07, 6.45) is 2.07. The normalized spacial score (nSPS) is 12.3. The Morgan fingerprint density at radius 1 is 1.39 bits per heavy atom. The molecule has 0 spiro atoms. The lowest BCUT2D eigenvalue weighted by atomic mass is 10.1. The number of benzene rings is 1. The molecule has 0 fully saturated rings. The molecule has 1 atom stereocenters. The van der Waals surface area contributed by atoms with E-state index in [1.54, 1.807) is 28.2 Å². The maximum atomic E-state index is 13.8. The predicted molar refractivity (Wildman–Crippen MR) is 90.9 cm³/mol. The molecule has 3 rings (SSSR count). The number of nitrogens with one attached hydrogen (secondary N) is 1. The van der Waals surface area contributed by atoms with Gasteiger partial charge in [-0.25, -0.2) is 14.1 Å². The molecule has 0 bridgehead atoms. The van der Waals surface area contributed by atoms with Crippen LogP contribution in [0.15, 0.2) is 42.0 Å². The molecule has 0 aliphatic carbocycles. The third-order valence-corrected chi connectivity index (χ3v) is 4.49. The first kappa shape index (κ1) is 15.6. The van der Waals surface area contributed by atoms with E-state index in [0.717, 1.165) is 16.4 Å². The van der Waals surface area contributed by atoms with E-state index in [1.165, 1.54) is 12.4 Å². The molecule has 0 saturated carbocycles. The Balaban J connectivity index is 1.71. The number of aryl methyl sites for hydroxylation is 1. The number of halogens is 1. The number of aromatic nitrogens is 3. The third kappa shape index (κ3) is 3.57. The molecular formula is C16H18FN5S. The quantitative estimate of drug-likeness (QED) is 0.729. The Morgan fingerprint density at radius 3 is 2.91 bits per heavy atom. The van der Waals surface area contributed by atoms with Gasteiger partial charge in [-0.2, -0.15) is 5.10 Å². The lowest BCUT2D eigenvalue weighted by Gasteiger charge is -2.17. The zero-order valence-electron chi connectivity index (χ0n) is 12.7. The van der Waals surface area contributed by atoms with Crippen LogP contribution in [-0.4, -0.2) is 27.4 Å². The topological polar surface area (TPSA) is 68.8 Å². The second kappa shape index (κ2) is 6.89. The summed E-state index contributed by atoms with van der Waals surface area (Å²) in [6.45, 7) is 0.422. The molecule has 3 N–H and O–H groups in total. The van der Waals surface area contributed by atoms with Crippen molar-refractivity contribution in [2.45, 2.75) is 12.5 Å². The minimum Gasteiger partial charge on any atom is -0.373 e. The molecule has 0 amide bonds. The molecule has 0 aliphatic rings. The standard InChI is InChI=1S/C16H18FN5S/c1-22-16(19-10-20-22)12-7-15(23-9-12)21-13(8-18)6-11-4-2-3-5-14(11)17/h2-5,7,9-10,13,21H,6,8,18H2,1H3/t13-/m0/s1. The molecule has 3 aromatic rings. The molecule has 0 unspecified atom stereocenters. The first-order chi connectivity index (χ1) is 11.2. The lowest BCUT2D eigenvalue weighted by molar-refractivity contribution is 0.596. The van der Waals surface area contributed by atoms with Gasteiger partial charge in [-0.15, -0.1) is 11.3 Å². The van der Waals surface area contributed by atoms with Crippen LogP contribution in [0.3, 0.4) is 0 Å². The molecular weight excluding hydrogens is 313 g/mol. The summed E-state index contributed by atoms with van der Waals surface area (Å²) in [4.78, 5) is 4.23. The second-order valence-electron chi connectivity index (χ2n) is 5.28. The van der Waals surface area contributed by atoms with Crippen LogP contribution < -0.4 is 11.1 Å². The fourth-order valence-electron chi connectivity index (χ4n) is 2.41. The molecule has 23 heavy (non-hydrogen) atoms. The number of nitrogens with zero attached hydrogens (tertiary/aromatic N) is 3. The van der Waals surface area contributed by atoms with Crippen molar-refractivity contribution in [3.05, 3.63) is 53.4 Å². The summed E-state index contributed by atoms with van der Waals surface area (Å²) in [5.41, 5.74) is 7.50. The Kier molecular flexibility index (Phi) is 4.68. The van der Waals surface area contributed by atoms with Gasteiger partial charge in [-0.1, -0.05) is 18.2 Å². The van der Waals surface area contributed by atoms with Crippen LogP contribution in [0.2, 0.25) is 0 Å². The van der Waals surface area contributed by atoms with Gasteiger partial charge in [0, 0.05) is 30.6 Å². The summed E-state index contributed by atoms with van der Waals surface area (Å²) in [5.74, 6) is 0.617. The van der Waals surface area contributed by atoms with Crippen molar-refractivity contribution in [2.24, 2.45) is 12.8 Å². The van der Waals surface area contributed by atoms with Crippen LogP contribution in [-0.2, 0) is 13.5 Å². The van der Waals surface area contributed by atoms with E-state index in [-0.39, 0.29) is 11.9 Å². The zero-order valence-corrected chi connectivity index (χ0v) is 13.6. The SMILES string of the molecule is Cn1ncnc1-c1csc(N[C@H](CN)Cc2ccccc2F)c1. The van der Waals surface area contributed by atoms with Gasteiger partial charge >= 0.3 is 0 Å². The van der Waals surface area contributed by atoms with Gasteiger partial charge in [0.2, 0.25) is 0 Å². The van der Waals surface area contributed by atoms with Gasteiger partial charge in [-0.3, -0.25) is 0 Å². The molecule has 2 heterocycles. The van der Waals surface area contributed by atoms with Crippen molar-refractivity contribution in [1.29, 1.82) is 0 Å². The number of thiophene rings is 1. The Bertz CT molecular complexity index is 782. The van der Waals surface area contributed by atoms with E-state index >= 15 is 0 Å². The van der Waals surface area contributed by atoms with Gasteiger partial charge in [0.25, 0.3) is 0 Å². The third-order valence-electron chi connectivity index (χ3n) is 3.62. The van der Waals surface area contributed by atoms with Crippen molar-refractivity contribution in [1.82, 2.24) is 14.8 Å². The smallest absolute Gasteiger partial charge is 0.158 e. The maximum absolute atomic E-state index is 13.8. The van der Waals surface area contributed by atoms with Crippen LogP contribution in [0, 0.1) is 5.82 Å². The largest absolute Gasteiger partial charge is 0.373 e. The summed E-state index contributed by atoms with van der Waals surface area (Å²) in [7, 11) is 1.86. The maximum Gasteiger partial charge on any atom is 0.158 e. The number of hydrogen-bond acceptors (Lipinski definition) is 5. The highest BCUT2D eigenvalue weighted by Gasteiger charge is 2.13. The first-order valence-electron chi connectivity index (χ1n) is 7.30. The van der Waals surface area contributed by atoms with Crippen LogP contribution >= 0.6 is 11.3 Å². The van der Waals surface area contributed by atoms with Crippen molar-refractivity contribution < 1.29 is 4.39 Å². The van der Waals surface area contributed by atoms with Crippen LogP contribution in [0.25, 0.3) is 11.4 Å². The fraction of sp³-hybridized carbons (Fsp3) is 0.250. The minimum atomic E-state index is -0.196. The van der Waals surface area contributed by atoms with Crippen LogP contribution in [0.4, 0.5) is 9.39 Å². The average Bonchev–Trinajstić information content (AvgIpc) is 3.17. The van der Waals surface area contributed by atoms with Gasteiger partial charge in [0.1, 0.15) is 12.1 Å². The van der Waals surface area contributed by atoms with Crippen molar-refractivity contribution in [2.75, 3.05) is 11.9 Å². The molecule has 7 heteroatoms. The molecule has 0 radical (unpaired) electrons. The van der Waals surface area contributed by atoms with E-state index in [9.17, 15) is 4.39 Å². The van der Waals surface area contributed by atoms with Gasteiger partial charge in [-0.05, 0) is 24.1 Å². The van der Waals surface area contributed by atoms with Crippen molar-refractivity contribution in [3.8, 4) is 11.4 Å². The minimum absolute atomic E-state index is 0.0297. The highest BCUT2D eigenvalue weighted by Crippen LogP contribution is 2.28. The fourth-order valence-corrected chi connectivity index (χ4v) is 3.27. The monoisotopic (exact) mass is 331 g/mol. The lowest BCUT2D eigenvalue weighted by Crippen LogP contribution is -2.31. The number of nitrogens with two attached hydrogens (primary N) is 1. The van der Waals surface area contributed by atoms with E-state index in [2.05, 4.69) is 15.4 Å². The molecule has 0 saturated heterocycles. The molecule has 5 nitrogen and oxygen atoms in total. The molecule has 2 aromatic heterocycles. The van der Waals surface area contributed by atoms with Crippen LogP contribution in [0.5, 0.6) is 0 Å². The van der Waals surface area contributed by atoms with E-state index in [0.29, 0.717) is 18.5 Å². The number of rotatable bonds is 6. The van der Waals surface area contributed by atoms with Crippen molar-refractivity contribution in [3.63, 3.8) is 0 Å². The van der Waals surface area contributed by atoms with E-state index in [1.807, 2.05) is 24.6 Å². The highest BCUT2D eigenvalue weighted by molar-refractivity contribution is 7.14. The van der Waals surface area contributed by atoms with Gasteiger partial charge in [0.05, 0.1) is 5.00 Å². The molecule has 120 valence electrons. The number of anilines is 1. The van der Waals surface area contributed by atoms with Gasteiger partial charge < -0.3 is 11.1 Å². The molecule has 0 aliphatic heterocycles. The van der Waals surface area contributed by atoms with Gasteiger partial charge in [0.15, 0.2) is 5.82 Å². The second-order valence-corrected chi connectivity index (χ2v) is 6.19. The number of hydrogen-bond donors (Lipinski definition) is 2. The summed E-state index contributed by atoms with van der Waals surface area (Å²) >= 11 is 1.57. The Hall–Kier alpha value is -2.25. The Labute approximate surface area is 138 Å².